The van der Waals surface area contributed by atoms with Crippen LogP contribution in [0.3, 0.4) is 0 Å². The second-order valence-corrected chi connectivity index (χ2v) is 7.49. The lowest BCUT2D eigenvalue weighted by molar-refractivity contribution is -0.139. The molecule has 1 saturated heterocycles. The van der Waals surface area contributed by atoms with Crippen LogP contribution in [0.1, 0.15) is 55.3 Å². The van der Waals surface area contributed by atoms with Crippen LogP contribution >= 0.6 is 0 Å². The molecule has 2 fully saturated rings. The minimum Gasteiger partial charge on any atom is -0.465 e. The number of likely N-dealkylation sites (tertiary alicyclic amines) is 1. The molecule has 0 unspecified atom stereocenters. The molecule has 2 aliphatic rings. The van der Waals surface area contributed by atoms with Gasteiger partial charge in [0.1, 0.15) is 0 Å². The standard InChI is InChI=1S/C21H28N2O4/c1-27-21(26)17-7-9-18(10-8-17)22-19(24)15-11-13-23(14-12-15)20(25)16-5-3-2-4-6-16/h7-10,15-16H,2-6,11-14H2,1H3,(H,22,24). The summed E-state index contributed by atoms with van der Waals surface area (Å²) in [6.07, 6.45) is 6.98. The molecule has 6 heteroatoms. The third kappa shape index (κ3) is 4.87. The number of nitrogens with one attached hydrogen (secondary N) is 1. The van der Waals surface area contributed by atoms with E-state index in [2.05, 4.69) is 10.1 Å². The van der Waals surface area contributed by atoms with Crippen molar-refractivity contribution < 1.29 is 19.1 Å². The number of hydrogen-bond donors (Lipinski definition) is 1. The second kappa shape index (κ2) is 9.02. The maximum absolute atomic E-state index is 12.6. The molecule has 1 aliphatic heterocycles. The summed E-state index contributed by atoms with van der Waals surface area (Å²) in [6, 6.07) is 6.66. The maximum Gasteiger partial charge on any atom is 0.337 e. The molecule has 1 heterocycles. The van der Waals surface area contributed by atoms with E-state index >= 15 is 0 Å². The Balaban J connectivity index is 1.48. The summed E-state index contributed by atoms with van der Waals surface area (Å²) in [5.41, 5.74) is 1.11. The second-order valence-electron chi connectivity index (χ2n) is 7.49. The van der Waals surface area contributed by atoms with E-state index in [1.54, 1.807) is 24.3 Å². The average molecular weight is 372 g/mol. The Bertz CT molecular complexity index is 672. The van der Waals surface area contributed by atoms with Crippen LogP contribution in [-0.2, 0) is 14.3 Å². The number of methoxy groups -OCH3 is 1. The Morgan fingerprint density at radius 3 is 2.15 bits per heavy atom. The molecular weight excluding hydrogens is 344 g/mol. The van der Waals surface area contributed by atoms with Gasteiger partial charge in [0.15, 0.2) is 0 Å². The van der Waals surface area contributed by atoms with Crippen molar-refractivity contribution in [1.82, 2.24) is 4.90 Å². The number of carbonyl (C=O) groups excluding carboxylic acids is 3. The summed E-state index contributed by atoms with van der Waals surface area (Å²) in [5.74, 6) is -0.0291. The highest BCUT2D eigenvalue weighted by atomic mass is 16.5. The van der Waals surface area contributed by atoms with Crippen LogP contribution in [0.5, 0.6) is 0 Å². The van der Waals surface area contributed by atoms with Gasteiger partial charge in [0.2, 0.25) is 11.8 Å². The van der Waals surface area contributed by atoms with Gasteiger partial charge in [-0.3, -0.25) is 9.59 Å². The summed E-state index contributed by atoms with van der Waals surface area (Å²) in [4.78, 5) is 38.5. The van der Waals surface area contributed by atoms with Crippen LogP contribution in [-0.4, -0.2) is 42.9 Å². The van der Waals surface area contributed by atoms with Crippen LogP contribution in [0.25, 0.3) is 0 Å². The van der Waals surface area contributed by atoms with E-state index in [0.29, 0.717) is 37.2 Å². The zero-order valence-corrected chi connectivity index (χ0v) is 15.9. The molecule has 0 bridgehead atoms. The number of ether oxygens (including phenoxy) is 1. The van der Waals surface area contributed by atoms with Crippen LogP contribution in [0.2, 0.25) is 0 Å². The summed E-state index contributed by atoms with van der Waals surface area (Å²) in [5, 5.41) is 2.91. The van der Waals surface area contributed by atoms with E-state index in [9.17, 15) is 14.4 Å². The van der Waals surface area contributed by atoms with Gasteiger partial charge in [-0.25, -0.2) is 4.79 Å². The van der Waals surface area contributed by atoms with E-state index < -0.39 is 5.97 Å². The molecule has 0 atom stereocenters. The van der Waals surface area contributed by atoms with Crippen molar-refractivity contribution in [3.63, 3.8) is 0 Å². The minimum atomic E-state index is -0.400. The molecule has 0 aromatic heterocycles. The van der Waals surface area contributed by atoms with Gasteiger partial charge in [-0.1, -0.05) is 19.3 Å². The molecular formula is C21H28N2O4. The van der Waals surface area contributed by atoms with Crippen LogP contribution in [0.15, 0.2) is 24.3 Å². The van der Waals surface area contributed by atoms with Crippen molar-refractivity contribution in [3.8, 4) is 0 Å². The van der Waals surface area contributed by atoms with Gasteiger partial charge in [-0.05, 0) is 49.9 Å². The molecule has 1 aromatic rings. The number of piperidine rings is 1. The fraction of sp³-hybridized carbons (Fsp3) is 0.571. The predicted octanol–water partition coefficient (Wildman–Crippen LogP) is 3.23. The van der Waals surface area contributed by atoms with E-state index in [1.165, 1.54) is 13.5 Å². The number of amides is 2. The molecule has 6 nitrogen and oxygen atoms in total. The normalized spacial score (nSPS) is 18.8. The quantitative estimate of drug-likeness (QED) is 0.824. The first kappa shape index (κ1) is 19.4. The number of hydrogen-bond acceptors (Lipinski definition) is 4. The molecule has 1 aliphatic carbocycles. The fourth-order valence-electron chi connectivity index (χ4n) is 4.02. The Labute approximate surface area is 160 Å². The third-order valence-electron chi connectivity index (χ3n) is 5.71. The van der Waals surface area contributed by atoms with Crippen molar-refractivity contribution in [2.75, 3.05) is 25.5 Å². The summed E-state index contributed by atoms with van der Waals surface area (Å²) < 4.78 is 4.67. The predicted molar refractivity (Wildman–Crippen MR) is 102 cm³/mol. The van der Waals surface area contributed by atoms with Crippen LogP contribution in [0, 0.1) is 11.8 Å². The number of benzene rings is 1. The lowest BCUT2D eigenvalue weighted by atomic mass is 9.87. The summed E-state index contributed by atoms with van der Waals surface area (Å²) >= 11 is 0. The number of nitrogens with zero attached hydrogens (tertiary/aromatic N) is 1. The molecule has 27 heavy (non-hydrogen) atoms. The first-order valence-electron chi connectivity index (χ1n) is 9.86. The maximum atomic E-state index is 12.6. The monoisotopic (exact) mass is 372 g/mol. The van der Waals surface area contributed by atoms with E-state index in [0.717, 1.165) is 25.7 Å². The molecule has 1 saturated carbocycles. The van der Waals surface area contributed by atoms with E-state index in [4.69, 9.17) is 0 Å². The number of rotatable bonds is 4. The highest BCUT2D eigenvalue weighted by molar-refractivity contribution is 5.94. The topological polar surface area (TPSA) is 75.7 Å². The Kier molecular flexibility index (Phi) is 6.48. The zero-order chi connectivity index (χ0) is 19.2. The highest BCUT2D eigenvalue weighted by Gasteiger charge is 2.31. The van der Waals surface area contributed by atoms with Crippen LogP contribution in [0.4, 0.5) is 5.69 Å². The van der Waals surface area contributed by atoms with Gasteiger partial charge < -0.3 is 15.0 Å². The number of anilines is 1. The van der Waals surface area contributed by atoms with Gasteiger partial charge in [-0.2, -0.15) is 0 Å². The lowest BCUT2D eigenvalue weighted by Gasteiger charge is -2.34. The Morgan fingerprint density at radius 1 is 0.926 bits per heavy atom. The third-order valence-corrected chi connectivity index (χ3v) is 5.71. The molecule has 1 N–H and O–H groups in total. The molecule has 1 aromatic carbocycles. The van der Waals surface area contributed by atoms with E-state index in [1.807, 2.05) is 4.90 Å². The number of esters is 1. The zero-order valence-electron chi connectivity index (χ0n) is 15.9. The van der Waals surface area contributed by atoms with Gasteiger partial charge >= 0.3 is 5.97 Å². The lowest BCUT2D eigenvalue weighted by Crippen LogP contribution is -2.44. The van der Waals surface area contributed by atoms with Gasteiger partial charge in [-0.15, -0.1) is 0 Å². The van der Waals surface area contributed by atoms with Crippen molar-refractivity contribution in [3.05, 3.63) is 29.8 Å². The van der Waals surface area contributed by atoms with Gasteiger partial charge in [0, 0.05) is 30.6 Å². The largest absolute Gasteiger partial charge is 0.465 e. The number of carbonyl (C=O) groups is 3. The van der Waals surface area contributed by atoms with E-state index in [-0.39, 0.29) is 23.7 Å². The van der Waals surface area contributed by atoms with Gasteiger partial charge in [0.05, 0.1) is 12.7 Å². The van der Waals surface area contributed by atoms with Crippen molar-refractivity contribution in [1.29, 1.82) is 0 Å². The molecule has 2 amide bonds. The smallest absolute Gasteiger partial charge is 0.337 e. The van der Waals surface area contributed by atoms with Crippen molar-refractivity contribution >= 4 is 23.5 Å². The molecule has 0 spiro atoms. The first-order chi connectivity index (χ1) is 13.1. The fourth-order valence-corrected chi connectivity index (χ4v) is 4.02. The van der Waals surface area contributed by atoms with Crippen molar-refractivity contribution in [2.45, 2.75) is 44.9 Å². The average Bonchev–Trinajstić information content (AvgIpc) is 2.74. The Hall–Kier alpha value is -2.37. The molecule has 146 valence electrons. The first-order valence-corrected chi connectivity index (χ1v) is 9.86. The highest BCUT2D eigenvalue weighted by Crippen LogP contribution is 2.28. The van der Waals surface area contributed by atoms with Crippen LogP contribution < -0.4 is 5.32 Å². The summed E-state index contributed by atoms with van der Waals surface area (Å²) in [6.45, 7) is 1.32. The summed E-state index contributed by atoms with van der Waals surface area (Å²) in [7, 11) is 1.34. The minimum absolute atomic E-state index is 0.0226. The Morgan fingerprint density at radius 2 is 1.56 bits per heavy atom. The SMILES string of the molecule is COC(=O)c1ccc(NC(=O)C2CCN(C(=O)C3CCCCC3)CC2)cc1. The molecule has 3 rings (SSSR count). The van der Waals surface area contributed by atoms with Gasteiger partial charge in [0.25, 0.3) is 0 Å². The van der Waals surface area contributed by atoms with Crippen molar-refractivity contribution in [2.24, 2.45) is 11.8 Å². The molecule has 0 radical (unpaired) electrons.